The summed E-state index contributed by atoms with van der Waals surface area (Å²) < 4.78 is 0. The van der Waals surface area contributed by atoms with Gasteiger partial charge in [0.05, 0.1) is 6.04 Å². The van der Waals surface area contributed by atoms with Crippen molar-refractivity contribution in [3.05, 3.63) is 47.7 Å². The van der Waals surface area contributed by atoms with Crippen LogP contribution in [0.15, 0.2) is 36.5 Å². The first-order valence-corrected chi connectivity index (χ1v) is 5.50. The number of hydrogen-bond donors (Lipinski definition) is 1. The topological polar surface area (TPSA) is 46.3 Å². The summed E-state index contributed by atoms with van der Waals surface area (Å²) in [7, 11) is 0. The molecule has 16 heavy (non-hydrogen) atoms. The number of hydrogen-bond acceptors (Lipinski definition) is 1. The number of nitrogens with two attached hydrogens (primary N) is 1. The van der Waals surface area contributed by atoms with Gasteiger partial charge >= 0.3 is 6.03 Å². The van der Waals surface area contributed by atoms with E-state index >= 15 is 0 Å². The Kier molecular flexibility index (Phi) is 2.95. The summed E-state index contributed by atoms with van der Waals surface area (Å²) in [4.78, 5) is 13.0. The second-order valence-corrected chi connectivity index (χ2v) is 4.08. The van der Waals surface area contributed by atoms with E-state index < -0.39 is 0 Å². The number of benzene rings is 1. The Labute approximate surface area is 95.6 Å². The zero-order chi connectivity index (χ0) is 11.5. The van der Waals surface area contributed by atoms with Gasteiger partial charge in [-0.05, 0) is 30.9 Å². The quantitative estimate of drug-likeness (QED) is 0.770. The Morgan fingerprint density at radius 1 is 1.44 bits per heavy atom. The summed E-state index contributed by atoms with van der Waals surface area (Å²) in [5.41, 5.74) is 7.77. The smallest absolute Gasteiger partial charge is 0.319 e. The van der Waals surface area contributed by atoms with Crippen molar-refractivity contribution in [3.8, 4) is 0 Å². The van der Waals surface area contributed by atoms with Gasteiger partial charge in [0.1, 0.15) is 0 Å². The van der Waals surface area contributed by atoms with Crippen molar-refractivity contribution < 1.29 is 4.79 Å². The normalized spacial score (nSPS) is 19.8. The number of aryl methyl sites for hydroxylation is 1. The average Bonchev–Trinajstić information content (AvgIpc) is 2.29. The Morgan fingerprint density at radius 2 is 2.19 bits per heavy atom. The summed E-state index contributed by atoms with van der Waals surface area (Å²) in [5.74, 6) is 0. The van der Waals surface area contributed by atoms with Gasteiger partial charge in [-0.1, -0.05) is 30.3 Å². The molecule has 2 rings (SSSR count). The molecule has 0 aliphatic carbocycles. The molecule has 84 valence electrons. The number of nitrogens with zero attached hydrogens (tertiary/aromatic N) is 1. The van der Waals surface area contributed by atoms with Crippen LogP contribution in [-0.2, 0) is 0 Å². The van der Waals surface area contributed by atoms with Crippen molar-refractivity contribution in [3.63, 3.8) is 0 Å². The molecule has 3 nitrogen and oxygen atoms in total. The van der Waals surface area contributed by atoms with Crippen LogP contribution in [0.1, 0.15) is 30.0 Å². The molecule has 0 fully saturated rings. The number of carbonyl (C=O) groups excluding carboxylic acids is 1. The molecule has 0 aromatic heterocycles. The molecular weight excluding hydrogens is 200 g/mol. The van der Waals surface area contributed by atoms with Crippen molar-refractivity contribution in [2.24, 2.45) is 5.73 Å². The van der Waals surface area contributed by atoms with Gasteiger partial charge in [-0.3, -0.25) is 4.90 Å². The molecule has 0 bridgehead atoms. The highest BCUT2D eigenvalue weighted by Crippen LogP contribution is 2.31. The standard InChI is InChI=1S/C13H16N2O/c1-10-6-2-3-7-11(10)12-8-4-5-9-15(12)13(14)16/h2-3,5-7,9,12H,4,8H2,1H3,(H2,14,16). The third-order valence-corrected chi connectivity index (χ3v) is 3.01. The van der Waals surface area contributed by atoms with E-state index in [1.54, 1.807) is 11.1 Å². The largest absolute Gasteiger partial charge is 0.351 e. The minimum atomic E-state index is -0.385. The highest BCUT2D eigenvalue weighted by Gasteiger charge is 2.24. The molecule has 1 atom stereocenters. The molecule has 1 aliphatic heterocycles. The van der Waals surface area contributed by atoms with Gasteiger partial charge in [0, 0.05) is 6.20 Å². The molecular formula is C13H16N2O. The Morgan fingerprint density at radius 3 is 2.88 bits per heavy atom. The zero-order valence-corrected chi connectivity index (χ0v) is 9.39. The zero-order valence-electron chi connectivity index (χ0n) is 9.39. The summed E-state index contributed by atoms with van der Waals surface area (Å²) in [6.45, 7) is 2.06. The molecule has 0 saturated carbocycles. The van der Waals surface area contributed by atoms with E-state index in [1.165, 1.54) is 11.1 Å². The van der Waals surface area contributed by atoms with E-state index in [4.69, 9.17) is 5.73 Å². The number of allylic oxidation sites excluding steroid dienone is 1. The highest BCUT2D eigenvalue weighted by molar-refractivity contribution is 5.74. The van der Waals surface area contributed by atoms with Gasteiger partial charge in [-0.15, -0.1) is 0 Å². The van der Waals surface area contributed by atoms with Crippen LogP contribution < -0.4 is 5.73 Å². The number of urea groups is 1. The first-order chi connectivity index (χ1) is 7.70. The lowest BCUT2D eigenvalue weighted by Gasteiger charge is -2.31. The maximum atomic E-state index is 11.3. The Hall–Kier alpha value is -1.77. The van der Waals surface area contributed by atoms with Crippen molar-refractivity contribution in [1.29, 1.82) is 0 Å². The van der Waals surface area contributed by atoms with Crippen LogP contribution in [0.5, 0.6) is 0 Å². The Bertz CT molecular complexity index is 426. The SMILES string of the molecule is Cc1ccccc1C1CCC=CN1C(N)=O. The molecule has 1 aromatic carbocycles. The van der Waals surface area contributed by atoms with E-state index in [-0.39, 0.29) is 12.1 Å². The fourth-order valence-corrected chi connectivity index (χ4v) is 2.18. The predicted octanol–water partition coefficient (Wildman–Crippen LogP) is 2.72. The van der Waals surface area contributed by atoms with E-state index in [0.717, 1.165) is 12.8 Å². The molecule has 1 heterocycles. The summed E-state index contributed by atoms with van der Waals surface area (Å²) in [6, 6.07) is 7.83. The average molecular weight is 216 g/mol. The number of primary amides is 1. The van der Waals surface area contributed by atoms with Crippen molar-refractivity contribution in [1.82, 2.24) is 4.90 Å². The second-order valence-electron chi connectivity index (χ2n) is 4.08. The molecule has 3 heteroatoms. The summed E-state index contributed by atoms with van der Waals surface area (Å²) in [5, 5.41) is 0. The lowest BCUT2D eigenvalue weighted by atomic mass is 9.95. The van der Waals surface area contributed by atoms with E-state index in [9.17, 15) is 4.79 Å². The second kappa shape index (κ2) is 4.39. The Balaban J connectivity index is 2.36. The molecule has 1 aromatic rings. The van der Waals surface area contributed by atoms with Gasteiger partial charge < -0.3 is 5.73 Å². The first kappa shape index (κ1) is 10.7. The molecule has 1 aliphatic rings. The van der Waals surface area contributed by atoms with Gasteiger partial charge in [0.25, 0.3) is 0 Å². The van der Waals surface area contributed by atoms with Crippen molar-refractivity contribution in [2.75, 3.05) is 0 Å². The van der Waals surface area contributed by atoms with Crippen LogP contribution in [0.4, 0.5) is 4.79 Å². The fourth-order valence-electron chi connectivity index (χ4n) is 2.18. The molecule has 2 amide bonds. The van der Waals surface area contributed by atoms with Crippen LogP contribution >= 0.6 is 0 Å². The highest BCUT2D eigenvalue weighted by atomic mass is 16.2. The number of carbonyl (C=O) groups is 1. The number of rotatable bonds is 1. The summed E-state index contributed by atoms with van der Waals surface area (Å²) in [6.07, 6.45) is 5.70. The van der Waals surface area contributed by atoms with Crippen LogP contribution in [0.25, 0.3) is 0 Å². The van der Waals surface area contributed by atoms with Gasteiger partial charge in [0.2, 0.25) is 0 Å². The predicted molar refractivity (Wildman–Crippen MR) is 63.7 cm³/mol. The minimum Gasteiger partial charge on any atom is -0.351 e. The minimum absolute atomic E-state index is 0.0868. The first-order valence-electron chi connectivity index (χ1n) is 5.50. The maximum absolute atomic E-state index is 11.3. The van der Waals surface area contributed by atoms with Gasteiger partial charge in [0.15, 0.2) is 0 Å². The van der Waals surface area contributed by atoms with Crippen LogP contribution in [0.2, 0.25) is 0 Å². The third kappa shape index (κ3) is 1.94. The monoisotopic (exact) mass is 216 g/mol. The van der Waals surface area contributed by atoms with Crippen molar-refractivity contribution in [2.45, 2.75) is 25.8 Å². The lowest BCUT2D eigenvalue weighted by Crippen LogP contribution is -2.36. The molecule has 0 saturated heterocycles. The van der Waals surface area contributed by atoms with Crippen LogP contribution in [0.3, 0.4) is 0 Å². The van der Waals surface area contributed by atoms with E-state index in [2.05, 4.69) is 19.1 Å². The van der Waals surface area contributed by atoms with Gasteiger partial charge in [-0.25, -0.2) is 4.79 Å². The summed E-state index contributed by atoms with van der Waals surface area (Å²) >= 11 is 0. The van der Waals surface area contributed by atoms with Gasteiger partial charge in [-0.2, -0.15) is 0 Å². The maximum Gasteiger partial charge on any atom is 0.319 e. The van der Waals surface area contributed by atoms with E-state index in [0.29, 0.717) is 0 Å². The fraction of sp³-hybridized carbons (Fsp3) is 0.308. The van der Waals surface area contributed by atoms with Crippen LogP contribution in [-0.4, -0.2) is 10.9 Å². The lowest BCUT2D eigenvalue weighted by molar-refractivity contribution is 0.203. The molecule has 2 N–H and O–H groups in total. The van der Waals surface area contributed by atoms with Crippen LogP contribution in [0, 0.1) is 6.92 Å². The molecule has 0 spiro atoms. The molecule has 0 radical (unpaired) electrons. The van der Waals surface area contributed by atoms with E-state index in [1.807, 2.05) is 18.2 Å². The third-order valence-electron chi connectivity index (χ3n) is 3.01. The number of amides is 2. The van der Waals surface area contributed by atoms with Crippen molar-refractivity contribution >= 4 is 6.03 Å². The molecule has 1 unspecified atom stereocenters.